The molecule has 0 saturated carbocycles. The highest BCUT2D eigenvalue weighted by atomic mass is 32.2. The first-order chi connectivity index (χ1) is 11.1. The van der Waals surface area contributed by atoms with Crippen LogP contribution < -0.4 is 11.3 Å². The summed E-state index contributed by atoms with van der Waals surface area (Å²) < 4.78 is 1.65. The van der Waals surface area contributed by atoms with Crippen molar-refractivity contribution in [2.24, 2.45) is 5.73 Å². The van der Waals surface area contributed by atoms with Crippen molar-refractivity contribution in [2.75, 3.05) is 25.4 Å². The van der Waals surface area contributed by atoms with Crippen LogP contribution in [0.5, 0.6) is 0 Å². The SMILES string of the molecule is CCN(CC)CCn1c(SCC(N)=O)nc2ccccc2c1=O. The highest BCUT2D eigenvalue weighted by molar-refractivity contribution is 7.99. The Bertz CT molecular complexity index is 740. The van der Waals surface area contributed by atoms with E-state index in [2.05, 4.69) is 23.7 Å². The second-order valence-corrected chi connectivity index (χ2v) is 6.09. The van der Waals surface area contributed by atoms with Gasteiger partial charge in [0.1, 0.15) is 0 Å². The third-order valence-corrected chi connectivity index (χ3v) is 4.70. The minimum atomic E-state index is -0.423. The molecule has 2 aromatic rings. The van der Waals surface area contributed by atoms with Gasteiger partial charge in [0.05, 0.1) is 16.7 Å². The lowest BCUT2D eigenvalue weighted by atomic mass is 10.2. The summed E-state index contributed by atoms with van der Waals surface area (Å²) in [4.78, 5) is 30.6. The number of hydrogen-bond donors (Lipinski definition) is 1. The molecule has 7 heteroatoms. The van der Waals surface area contributed by atoms with Gasteiger partial charge in [0.2, 0.25) is 5.91 Å². The lowest BCUT2D eigenvalue weighted by molar-refractivity contribution is -0.115. The van der Waals surface area contributed by atoms with Gasteiger partial charge in [-0.25, -0.2) is 4.98 Å². The van der Waals surface area contributed by atoms with E-state index in [-0.39, 0.29) is 11.3 Å². The van der Waals surface area contributed by atoms with Gasteiger partial charge in [-0.05, 0) is 25.2 Å². The van der Waals surface area contributed by atoms with Gasteiger partial charge in [-0.2, -0.15) is 0 Å². The van der Waals surface area contributed by atoms with E-state index in [1.54, 1.807) is 16.7 Å². The predicted octanol–water partition coefficient (Wildman–Crippen LogP) is 1.32. The Morgan fingerprint density at radius 1 is 1.30 bits per heavy atom. The Hall–Kier alpha value is -1.86. The quantitative estimate of drug-likeness (QED) is 0.581. The van der Waals surface area contributed by atoms with Gasteiger partial charge >= 0.3 is 0 Å². The van der Waals surface area contributed by atoms with Crippen LogP contribution in [0.4, 0.5) is 0 Å². The topological polar surface area (TPSA) is 81.2 Å². The minimum Gasteiger partial charge on any atom is -0.369 e. The number of fused-ring (bicyclic) bond motifs is 1. The van der Waals surface area contributed by atoms with Crippen molar-refractivity contribution >= 4 is 28.6 Å². The van der Waals surface area contributed by atoms with Crippen LogP contribution in [-0.4, -0.2) is 45.7 Å². The molecule has 0 radical (unpaired) electrons. The number of primary amides is 1. The van der Waals surface area contributed by atoms with Gasteiger partial charge in [-0.3, -0.25) is 14.2 Å². The summed E-state index contributed by atoms with van der Waals surface area (Å²) in [5.41, 5.74) is 5.79. The summed E-state index contributed by atoms with van der Waals surface area (Å²) in [6, 6.07) is 7.26. The first-order valence-electron chi connectivity index (χ1n) is 7.69. The summed E-state index contributed by atoms with van der Waals surface area (Å²) >= 11 is 1.21. The summed E-state index contributed by atoms with van der Waals surface area (Å²) in [7, 11) is 0. The zero-order valence-corrected chi connectivity index (χ0v) is 14.3. The smallest absolute Gasteiger partial charge is 0.262 e. The number of carbonyl (C=O) groups excluding carboxylic acids is 1. The highest BCUT2D eigenvalue weighted by Gasteiger charge is 2.13. The number of para-hydroxylation sites is 1. The lowest BCUT2D eigenvalue weighted by Crippen LogP contribution is -2.32. The van der Waals surface area contributed by atoms with Crippen LogP contribution in [-0.2, 0) is 11.3 Å². The molecule has 0 fully saturated rings. The molecule has 0 spiro atoms. The average Bonchev–Trinajstić information content (AvgIpc) is 2.55. The molecule has 2 N–H and O–H groups in total. The summed E-state index contributed by atoms with van der Waals surface area (Å²) in [5.74, 6) is -0.316. The molecule has 1 aromatic carbocycles. The molecule has 0 aliphatic heterocycles. The Morgan fingerprint density at radius 2 is 2.00 bits per heavy atom. The van der Waals surface area contributed by atoms with E-state index in [9.17, 15) is 9.59 Å². The van der Waals surface area contributed by atoms with Gasteiger partial charge in [-0.1, -0.05) is 37.7 Å². The van der Waals surface area contributed by atoms with E-state index >= 15 is 0 Å². The normalized spacial score (nSPS) is 11.3. The first-order valence-corrected chi connectivity index (χ1v) is 8.68. The Balaban J connectivity index is 2.40. The van der Waals surface area contributed by atoms with Crippen LogP contribution in [0.3, 0.4) is 0 Å². The zero-order valence-electron chi connectivity index (χ0n) is 13.5. The van der Waals surface area contributed by atoms with Crippen LogP contribution in [0, 0.1) is 0 Å². The predicted molar refractivity (Wildman–Crippen MR) is 93.7 cm³/mol. The first kappa shape index (κ1) is 17.5. The van der Waals surface area contributed by atoms with Crippen molar-refractivity contribution in [1.29, 1.82) is 0 Å². The molecule has 0 aliphatic rings. The van der Waals surface area contributed by atoms with Crippen molar-refractivity contribution in [3.63, 3.8) is 0 Å². The number of nitrogens with two attached hydrogens (primary N) is 1. The molecule has 0 saturated heterocycles. The summed E-state index contributed by atoms with van der Waals surface area (Å²) in [6.07, 6.45) is 0. The number of amides is 1. The molecule has 1 amide bonds. The van der Waals surface area contributed by atoms with Crippen molar-refractivity contribution < 1.29 is 4.79 Å². The number of hydrogen-bond acceptors (Lipinski definition) is 5. The Labute approximate surface area is 139 Å². The van der Waals surface area contributed by atoms with Crippen LogP contribution in [0.25, 0.3) is 10.9 Å². The van der Waals surface area contributed by atoms with E-state index in [1.807, 2.05) is 12.1 Å². The number of nitrogens with zero attached hydrogens (tertiary/aromatic N) is 3. The largest absolute Gasteiger partial charge is 0.369 e. The molecule has 0 atom stereocenters. The number of thioether (sulfide) groups is 1. The number of aromatic nitrogens is 2. The fourth-order valence-corrected chi connectivity index (χ4v) is 3.14. The van der Waals surface area contributed by atoms with E-state index in [1.165, 1.54) is 11.8 Å². The zero-order chi connectivity index (χ0) is 16.8. The molecule has 124 valence electrons. The molecule has 0 aliphatic carbocycles. The third-order valence-electron chi connectivity index (χ3n) is 3.70. The monoisotopic (exact) mass is 334 g/mol. The maximum Gasteiger partial charge on any atom is 0.262 e. The molecule has 6 nitrogen and oxygen atoms in total. The Kier molecular flexibility index (Phi) is 6.18. The van der Waals surface area contributed by atoms with E-state index in [4.69, 9.17) is 5.73 Å². The minimum absolute atomic E-state index is 0.0743. The number of carbonyl (C=O) groups is 1. The van der Waals surface area contributed by atoms with Crippen LogP contribution in [0.1, 0.15) is 13.8 Å². The lowest BCUT2D eigenvalue weighted by Gasteiger charge is -2.20. The van der Waals surface area contributed by atoms with E-state index in [0.717, 1.165) is 19.6 Å². The maximum absolute atomic E-state index is 12.8. The van der Waals surface area contributed by atoms with Crippen molar-refractivity contribution in [2.45, 2.75) is 25.5 Å². The maximum atomic E-state index is 12.8. The molecule has 1 heterocycles. The highest BCUT2D eigenvalue weighted by Crippen LogP contribution is 2.17. The standard InChI is InChI=1S/C16H22N4O2S/c1-3-19(4-2)9-10-20-15(22)12-7-5-6-8-13(12)18-16(20)23-11-14(17)21/h5-8H,3-4,9-11H2,1-2H3,(H2,17,21). The van der Waals surface area contributed by atoms with Gasteiger partial charge < -0.3 is 10.6 Å². The Morgan fingerprint density at radius 3 is 2.65 bits per heavy atom. The van der Waals surface area contributed by atoms with Crippen molar-refractivity contribution in [1.82, 2.24) is 14.5 Å². The second kappa shape index (κ2) is 8.12. The van der Waals surface area contributed by atoms with E-state index in [0.29, 0.717) is 22.6 Å². The molecule has 2 rings (SSSR count). The van der Waals surface area contributed by atoms with E-state index < -0.39 is 5.91 Å². The molecule has 23 heavy (non-hydrogen) atoms. The summed E-state index contributed by atoms with van der Waals surface area (Å²) in [5, 5.41) is 1.13. The summed E-state index contributed by atoms with van der Waals surface area (Å²) in [6.45, 7) is 7.34. The third kappa shape index (κ3) is 4.33. The van der Waals surface area contributed by atoms with Gasteiger partial charge in [0.15, 0.2) is 5.16 Å². The molecular formula is C16H22N4O2S. The van der Waals surface area contributed by atoms with Gasteiger partial charge in [0.25, 0.3) is 5.56 Å². The molecule has 0 bridgehead atoms. The van der Waals surface area contributed by atoms with Crippen LogP contribution in [0.15, 0.2) is 34.2 Å². The van der Waals surface area contributed by atoms with Crippen LogP contribution >= 0.6 is 11.8 Å². The number of likely N-dealkylation sites (N-methyl/N-ethyl adjacent to an activating group) is 1. The number of rotatable bonds is 8. The van der Waals surface area contributed by atoms with Gasteiger partial charge in [-0.15, -0.1) is 0 Å². The number of benzene rings is 1. The fourth-order valence-electron chi connectivity index (χ4n) is 2.37. The van der Waals surface area contributed by atoms with Crippen LogP contribution in [0.2, 0.25) is 0 Å². The molecule has 0 unspecified atom stereocenters. The van der Waals surface area contributed by atoms with Gasteiger partial charge in [0, 0.05) is 13.1 Å². The second-order valence-electron chi connectivity index (χ2n) is 5.15. The van der Waals surface area contributed by atoms with Crippen molar-refractivity contribution in [3.05, 3.63) is 34.6 Å². The van der Waals surface area contributed by atoms with Crippen molar-refractivity contribution in [3.8, 4) is 0 Å². The molecule has 1 aromatic heterocycles. The molecular weight excluding hydrogens is 312 g/mol. The fraction of sp³-hybridized carbons (Fsp3) is 0.438. The average molecular weight is 334 g/mol.